The molecule has 1 atom stereocenters. The number of nitrogens with zero attached hydrogens (tertiary/aromatic N) is 3. The van der Waals surface area contributed by atoms with E-state index in [-0.39, 0.29) is 34.9 Å². The monoisotopic (exact) mass is 363 g/mol. The standard InChI is InChI=1S/C17H21N3O6/c1-25-14-5-4-12(11-13(14)20(23)24)16(21)18-6-8-19(9-7-18)17(22)15-3-2-10-26-15/h4-5,11,15H,2-3,6-10H2,1H3/t15-/m1/s1. The lowest BCUT2D eigenvalue weighted by Gasteiger charge is -2.35. The first-order chi connectivity index (χ1) is 12.5. The Morgan fingerprint density at radius 3 is 2.50 bits per heavy atom. The Balaban J connectivity index is 1.64. The summed E-state index contributed by atoms with van der Waals surface area (Å²) in [6, 6.07) is 4.16. The summed E-state index contributed by atoms with van der Waals surface area (Å²) < 4.78 is 10.4. The Morgan fingerprint density at radius 2 is 1.92 bits per heavy atom. The van der Waals surface area contributed by atoms with Crippen molar-refractivity contribution in [3.8, 4) is 5.75 Å². The van der Waals surface area contributed by atoms with E-state index < -0.39 is 4.92 Å². The topological polar surface area (TPSA) is 102 Å². The molecule has 140 valence electrons. The van der Waals surface area contributed by atoms with Gasteiger partial charge in [-0.25, -0.2) is 0 Å². The SMILES string of the molecule is COc1ccc(C(=O)N2CCN(C(=O)[C@H]3CCCO3)CC2)cc1[N+](=O)[O-]. The van der Waals surface area contributed by atoms with Crippen LogP contribution in [-0.4, -0.2) is 72.5 Å². The Labute approximate surface area is 150 Å². The third-order valence-corrected chi connectivity index (χ3v) is 4.71. The molecule has 2 saturated heterocycles. The number of carbonyl (C=O) groups excluding carboxylic acids is 2. The van der Waals surface area contributed by atoms with Gasteiger partial charge in [0.15, 0.2) is 5.75 Å². The van der Waals surface area contributed by atoms with Crippen LogP contribution in [0.25, 0.3) is 0 Å². The highest BCUT2D eigenvalue weighted by Crippen LogP contribution is 2.28. The van der Waals surface area contributed by atoms with Crippen LogP contribution in [-0.2, 0) is 9.53 Å². The summed E-state index contributed by atoms with van der Waals surface area (Å²) in [5.74, 6) is -0.201. The van der Waals surface area contributed by atoms with Crippen LogP contribution in [0.5, 0.6) is 5.75 Å². The van der Waals surface area contributed by atoms with Crippen LogP contribution in [0.15, 0.2) is 18.2 Å². The summed E-state index contributed by atoms with van der Waals surface area (Å²) in [6.45, 7) is 2.25. The van der Waals surface area contributed by atoms with Crippen molar-refractivity contribution >= 4 is 17.5 Å². The van der Waals surface area contributed by atoms with E-state index in [9.17, 15) is 19.7 Å². The van der Waals surface area contributed by atoms with Crippen molar-refractivity contribution < 1.29 is 24.0 Å². The third kappa shape index (κ3) is 3.62. The molecule has 0 N–H and O–H groups in total. The van der Waals surface area contributed by atoms with Crippen molar-refractivity contribution in [1.82, 2.24) is 9.80 Å². The highest BCUT2D eigenvalue weighted by molar-refractivity contribution is 5.95. The number of piperazine rings is 1. The van der Waals surface area contributed by atoms with E-state index in [1.165, 1.54) is 25.3 Å². The van der Waals surface area contributed by atoms with E-state index in [1.54, 1.807) is 9.80 Å². The van der Waals surface area contributed by atoms with Crippen molar-refractivity contribution in [1.29, 1.82) is 0 Å². The van der Waals surface area contributed by atoms with Gasteiger partial charge in [0, 0.05) is 44.4 Å². The quantitative estimate of drug-likeness (QED) is 0.586. The minimum absolute atomic E-state index is 0.0188. The van der Waals surface area contributed by atoms with Crippen molar-refractivity contribution in [2.75, 3.05) is 39.9 Å². The molecule has 2 aliphatic rings. The second-order valence-electron chi connectivity index (χ2n) is 6.26. The lowest BCUT2D eigenvalue weighted by molar-refractivity contribution is -0.385. The maximum atomic E-state index is 12.6. The van der Waals surface area contributed by atoms with Gasteiger partial charge in [-0.3, -0.25) is 19.7 Å². The first-order valence-electron chi connectivity index (χ1n) is 8.53. The lowest BCUT2D eigenvalue weighted by atomic mass is 10.1. The molecule has 26 heavy (non-hydrogen) atoms. The molecule has 0 unspecified atom stereocenters. The van der Waals surface area contributed by atoms with Crippen molar-refractivity contribution in [3.05, 3.63) is 33.9 Å². The summed E-state index contributed by atoms with van der Waals surface area (Å²) >= 11 is 0. The number of ether oxygens (including phenoxy) is 2. The van der Waals surface area contributed by atoms with Crippen molar-refractivity contribution in [2.24, 2.45) is 0 Å². The molecule has 2 heterocycles. The van der Waals surface area contributed by atoms with Gasteiger partial charge in [-0.2, -0.15) is 0 Å². The summed E-state index contributed by atoms with van der Waals surface area (Å²) in [5, 5.41) is 11.1. The number of nitro benzene ring substituents is 1. The number of rotatable bonds is 4. The minimum Gasteiger partial charge on any atom is -0.490 e. The van der Waals surface area contributed by atoms with Crippen LogP contribution in [0.4, 0.5) is 5.69 Å². The number of hydrogen-bond acceptors (Lipinski definition) is 6. The molecule has 0 spiro atoms. The lowest BCUT2D eigenvalue weighted by Crippen LogP contribution is -2.52. The van der Waals surface area contributed by atoms with Crippen molar-refractivity contribution in [3.63, 3.8) is 0 Å². The van der Waals surface area contributed by atoms with Gasteiger partial charge in [0.25, 0.3) is 11.8 Å². The zero-order chi connectivity index (χ0) is 18.7. The number of amides is 2. The zero-order valence-corrected chi connectivity index (χ0v) is 14.6. The van der Waals surface area contributed by atoms with E-state index in [2.05, 4.69) is 0 Å². The molecular weight excluding hydrogens is 342 g/mol. The van der Waals surface area contributed by atoms with E-state index >= 15 is 0 Å². The molecule has 2 fully saturated rings. The molecule has 2 aliphatic heterocycles. The Hall–Kier alpha value is -2.68. The number of benzene rings is 1. The molecule has 0 radical (unpaired) electrons. The van der Waals surface area contributed by atoms with Crippen LogP contribution in [0, 0.1) is 10.1 Å². The van der Waals surface area contributed by atoms with Gasteiger partial charge in [-0.05, 0) is 25.0 Å². The third-order valence-electron chi connectivity index (χ3n) is 4.71. The van der Waals surface area contributed by atoms with Crippen LogP contribution in [0.1, 0.15) is 23.2 Å². The van der Waals surface area contributed by atoms with Gasteiger partial charge in [0.2, 0.25) is 0 Å². The van der Waals surface area contributed by atoms with Gasteiger partial charge in [0.1, 0.15) is 6.10 Å². The van der Waals surface area contributed by atoms with Crippen LogP contribution >= 0.6 is 0 Å². The fourth-order valence-corrected chi connectivity index (χ4v) is 3.25. The van der Waals surface area contributed by atoms with Crippen LogP contribution < -0.4 is 4.74 Å². The highest BCUT2D eigenvalue weighted by atomic mass is 16.6. The smallest absolute Gasteiger partial charge is 0.311 e. The second kappa shape index (κ2) is 7.69. The Kier molecular flexibility index (Phi) is 5.36. The van der Waals surface area contributed by atoms with Crippen molar-refractivity contribution in [2.45, 2.75) is 18.9 Å². The van der Waals surface area contributed by atoms with Crippen LogP contribution in [0.2, 0.25) is 0 Å². The summed E-state index contributed by atoms with van der Waals surface area (Å²) in [6.07, 6.45) is 1.28. The highest BCUT2D eigenvalue weighted by Gasteiger charge is 2.32. The minimum atomic E-state index is -0.576. The molecule has 1 aromatic carbocycles. The normalized spacial score (nSPS) is 20.1. The van der Waals surface area contributed by atoms with E-state index in [1.807, 2.05) is 0 Å². The average molecular weight is 363 g/mol. The Bertz CT molecular complexity index is 708. The number of hydrogen-bond donors (Lipinski definition) is 0. The molecule has 0 aliphatic carbocycles. The first kappa shape index (κ1) is 18.1. The fraction of sp³-hybridized carbons (Fsp3) is 0.529. The predicted octanol–water partition coefficient (Wildman–Crippen LogP) is 1.07. The first-order valence-corrected chi connectivity index (χ1v) is 8.53. The fourth-order valence-electron chi connectivity index (χ4n) is 3.25. The maximum Gasteiger partial charge on any atom is 0.311 e. The van der Waals surface area contributed by atoms with E-state index in [0.29, 0.717) is 32.8 Å². The van der Waals surface area contributed by atoms with E-state index in [4.69, 9.17) is 9.47 Å². The number of nitro groups is 1. The van der Waals surface area contributed by atoms with Gasteiger partial charge in [-0.15, -0.1) is 0 Å². The summed E-state index contributed by atoms with van der Waals surface area (Å²) in [4.78, 5) is 38.9. The second-order valence-corrected chi connectivity index (χ2v) is 6.26. The maximum absolute atomic E-state index is 12.6. The van der Waals surface area contributed by atoms with Gasteiger partial charge in [-0.1, -0.05) is 0 Å². The molecule has 0 saturated carbocycles. The molecular formula is C17H21N3O6. The molecule has 0 bridgehead atoms. The molecule has 9 nitrogen and oxygen atoms in total. The summed E-state index contributed by atoms with van der Waals surface area (Å²) in [5.41, 5.74) is -0.0121. The van der Waals surface area contributed by atoms with E-state index in [0.717, 1.165) is 12.8 Å². The predicted molar refractivity (Wildman–Crippen MR) is 91.1 cm³/mol. The zero-order valence-electron chi connectivity index (χ0n) is 14.6. The largest absolute Gasteiger partial charge is 0.490 e. The molecule has 1 aromatic rings. The average Bonchev–Trinajstić information content (AvgIpc) is 3.21. The van der Waals surface area contributed by atoms with Gasteiger partial charge >= 0.3 is 5.69 Å². The van der Waals surface area contributed by atoms with Crippen LogP contribution in [0.3, 0.4) is 0 Å². The molecule has 0 aromatic heterocycles. The van der Waals surface area contributed by atoms with Gasteiger partial charge in [0.05, 0.1) is 12.0 Å². The molecule has 3 rings (SSSR count). The number of carbonyl (C=O) groups is 2. The molecule has 9 heteroatoms. The molecule has 2 amide bonds. The van der Waals surface area contributed by atoms with Gasteiger partial charge < -0.3 is 19.3 Å². The number of methoxy groups -OCH3 is 1. The Morgan fingerprint density at radius 1 is 1.23 bits per heavy atom. The summed E-state index contributed by atoms with van der Waals surface area (Å²) in [7, 11) is 1.34.